The maximum Gasteiger partial charge on any atom is 0.250 e. The predicted octanol–water partition coefficient (Wildman–Crippen LogP) is 4.58. The Morgan fingerprint density at radius 1 is 1.28 bits per heavy atom. The molecule has 0 bridgehead atoms. The van der Waals surface area contributed by atoms with E-state index < -0.39 is 0 Å². The number of pyridine rings is 1. The first kappa shape index (κ1) is 17.7. The van der Waals surface area contributed by atoms with Crippen molar-refractivity contribution in [2.75, 3.05) is 0 Å². The highest BCUT2D eigenvalue weighted by Crippen LogP contribution is 2.42. The molecule has 1 fully saturated rings. The Bertz CT molecular complexity index is 822. The number of halogens is 1. The van der Waals surface area contributed by atoms with Gasteiger partial charge in [0, 0.05) is 36.3 Å². The second-order valence-corrected chi connectivity index (χ2v) is 7.20. The van der Waals surface area contributed by atoms with E-state index in [-0.39, 0.29) is 11.5 Å². The Hall–Kier alpha value is -2.07. The van der Waals surface area contributed by atoms with Gasteiger partial charge in [-0.2, -0.15) is 0 Å². The summed E-state index contributed by atoms with van der Waals surface area (Å²) in [5.74, 6) is 0.739. The third kappa shape index (κ3) is 3.96. The third-order valence-corrected chi connectivity index (χ3v) is 5.57. The fraction of sp³-hybridized carbons (Fsp3) is 0.400. The van der Waals surface area contributed by atoms with Crippen LogP contribution in [0.15, 0.2) is 52.5 Å². The lowest BCUT2D eigenvalue weighted by molar-refractivity contribution is 0.316. The average Bonchev–Trinajstić information content (AvgIpc) is 3.14. The lowest BCUT2D eigenvalue weighted by Gasteiger charge is -2.25. The summed E-state index contributed by atoms with van der Waals surface area (Å²) >= 11 is 6.47. The van der Waals surface area contributed by atoms with E-state index in [0.717, 1.165) is 16.1 Å². The summed E-state index contributed by atoms with van der Waals surface area (Å²) in [6, 6.07) is 11.1. The van der Waals surface area contributed by atoms with Crippen molar-refractivity contribution in [2.24, 2.45) is 18.1 Å². The van der Waals surface area contributed by atoms with Gasteiger partial charge in [-0.05, 0) is 42.4 Å². The van der Waals surface area contributed by atoms with Crippen LogP contribution in [-0.2, 0) is 7.05 Å². The number of rotatable bonds is 5. The van der Waals surface area contributed by atoms with Gasteiger partial charge in [0.25, 0.3) is 0 Å². The Morgan fingerprint density at radius 2 is 2.00 bits per heavy atom. The van der Waals surface area contributed by atoms with Gasteiger partial charge in [-0.25, -0.2) is 0 Å². The number of aryl methyl sites for hydroxylation is 1. The van der Waals surface area contributed by atoms with E-state index in [9.17, 15) is 10.0 Å². The topological polar surface area (TPSA) is 54.6 Å². The summed E-state index contributed by atoms with van der Waals surface area (Å²) in [7, 11) is 1.70. The zero-order valence-electron chi connectivity index (χ0n) is 14.4. The van der Waals surface area contributed by atoms with E-state index in [1.807, 2.05) is 18.2 Å². The lowest BCUT2D eigenvalue weighted by Crippen LogP contribution is -2.20. The molecule has 2 aromatic rings. The normalized spacial score (nSPS) is 17.0. The molecule has 5 heteroatoms. The van der Waals surface area contributed by atoms with Crippen molar-refractivity contribution in [2.45, 2.75) is 38.0 Å². The molecule has 1 aromatic heterocycles. The fourth-order valence-corrected chi connectivity index (χ4v) is 4.13. The van der Waals surface area contributed by atoms with Gasteiger partial charge in [0.15, 0.2) is 0 Å². The predicted molar refractivity (Wildman–Crippen MR) is 101 cm³/mol. The number of oxime groups is 1. The summed E-state index contributed by atoms with van der Waals surface area (Å²) in [5.41, 5.74) is 2.38. The minimum absolute atomic E-state index is 0.0838. The standard InChI is InChI=1S/C20H23ClN2O2/c1-23-13-15(10-11-20(23)24)19(22-25)12-17(14-6-2-3-7-14)16-8-4-5-9-18(16)21/h4-5,8-11,13-14,17,25H,2-3,6-7,12H2,1H3/b22-19-. The van der Waals surface area contributed by atoms with Crippen LogP contribution < -0.4 is 5.56 Å². The smallest absolute Gasteiger partial charge is 0.250 e. The Balaban J connectivity index is 1.94. The molecule has 1 aliphatic carbocycles. The van der Waals surface area contributed by atoms with E-state index >= 15 is 0 Å². The van der Waals surface area contributed by atoms with Crippen molar-refractivity contribution < 1.29 is 5.21 Å². The second kappa shape index (κ2) is 7.87. The van der Waals surface area contributed by atoms with Crippen LogP contribution in [0, 0.1) is 5.92 Å². The summed E-state index contributed by atoms with van der Waals surface area (Å²) < 4.78 is 1.50. The summed E-state index contributed by atoms with van der Waals surface area (Å²) in [6.07, 6.45) is 7.12. The highest BCUT2D eigenvalue weighted by atomic mass is 35.5. The Labute approximate surface area is 152 Å². The molecule has 1 N–H and O–H groups in total. The molecule has 0 spiro atoms. The van der Waals surface area contributed by atoms with E-state index in [2.05, 4.69) is 11.2 Å². The van der Waals surface area contributed by atoms with Crippen LogP contribution in [0.25, 0.3) is 0 Å². The van der Waals surface area contributed by atoms with Crippen LogP contribution >= 0.6 is 11.6 Å². The molecule has 1 atom stereocenters. The van der Waals surface area contributed by atoms with Gasteiger partial charge in [-0.1, -0.05) is 47.8 Å². The van der Waals surface area contributed by atoms with Crippen LogP contribution in [0.2, 0.25) is 5.02 Å². The zero-order chi connectivity index (χ0) is 17.8. The van der Waals surface area contributed by atoms with Crippen molar-refractivity contribution in [3.05, 3.63) is 69.1 Å². The monoisotopic (exact) mass is 358 g/mol. The molecular weight excluding hydrogens is 336 g/mol. The highest BCUT2D eigenvalue weighted by molar-refractivity contribution is 6.31. The SMILES string of the molecule is Cn1cc(/C(CC(c2ccccc2Cl)C2CCCC2)=N\O)ccc1=O. The number of aromatic nitrogens is 1. The van der Waals surface area contributed by atoms with Gasteiger partial charge in [-0.15, -0.1) is 0 Å². The maximum atomic E-state index is 11.6. The first-order chi connectivity index (χ1) is 12.1. The van der Waals surface area contributed by atoms with Crippen LogP contribution in [0.3, 0.4) is 0 Å². The lowest BCUT2D eigenvalue weighted by atomic mass is 9.80. The van der Waals surface area contributed by atoms with E-state index in [4.69, 9.17) is 11.6 Å². The molecule has 0 amide bonds. The van der Waals surface area contributed by atoms with Crippen LogP contribution in [-0.4, -0.2) is 15.5 Å². The molecule has 132 valence electrons. The largest absolute Gasteiger partial charge is 0.411 e. The van der Waals surface area contributed by atoms with Gasteiger partial charge in [0.1, 0.15) is 0 Å². The van der Waals surface area contributed by atoms with Gasteiger partial charge in [-0.3, -0.25) is 4.79 Å². The van der Waals surface area contributed by atoms with Gasteiger partial charge in [0.2, 0.25) is 5.56 Å². The van der Waals surface area contributed by atoms with Gasteiger partial charge < -0.3 is 9.77 Å². The fourth-order valence-electron chi connectivity index (χ4n) is 3.86. The van der Waals surface area contributed by atoms with E-state index in [1.165, 1.54) is 36.3 Å². The molecule has 1 unspecified atom stereocenters. The van der Waals surface area contributed by atoms with Crippen LogP contribution in [0.4, 0.5) is 0 Å². The Kier molecular flexibility index (Phi) is 5.59. The molecule has 0 radical (unpaired) electrons. The molecule has 3 rings (SSSR count). The van der Waals surface area contributed by atoms with Gasteiger partial charge >= 0.3 is 0 Å². The minimum Gasteiger partial charge on any atom is -0.411 e. The van der Waals surface area contributed by atoms with E-state index in [0.29, 0.717) is 18.1 Å². The van der Waals surface area contributed by atoms with E-state index in [1.54, 1.807) is 19.3 Å². The first-order valence-electron chi connectivity index (χ1n) is 8.72. The molecule has 1 aromatic carbocycles. The summed E-state index contributed by atoms with van der Waals surface area (Å²) in [5, 5.41) is 13.9. The molecule has 1 aliphatic rings. The van der Waals surface area contributed by atoms with Gasteiger partial charge in [0.05, 0.1) is 5.71 Å². The molecule has 4 nitrogen and oxygen atoms in total. The molecule has 25 heavy (non-hydrogen) atoms. The average molecular weight is 359 g/mol. The first-order valence-corrected chi connectivity index (χ1v) is 9.10. The van der Waals surface area contributed by atoms with Crippen LogP contribution in [0.5, 0.6) is 0 Å². The number of benzene rings is 1. The minimum atomic E-state index is -0.0838. The van der Waals surface area contributed by atoms with Crippen molar-refractivity contribution in [1.82, 2.24) is 4.57 Å². The van der Waals surface area contributed by atoms with Crippen molar-refractivity contribution in [1.29, 1.82) is 0 Å². The Morgan fingerprint density at radius 3 is 2.64 bits per heavy atom. The van der Waals surface area contributed by atoms with Crippen molar-refractivity contribution >= 4 is 17.3 Å². The zero-order valence-corrected chi connectivity index (χ0v) is 15.1. The number of hydrogen-bond donors (Lipinski definition) is 1. The maximum absolute atomic E-state index is 11.6. The third-order valence-electron chi connectivity index (χ3n) is 5.23. The molecular formula is C20H23ClN2O2. The second-order valence-electron chi connectivity index (χ2n) is 6.79. The summed E-state index contributed by atoms with van der Waals surface area (Å²) in [6.45, 7) is 0. The number of nitrogens with zero attached hydrogens (tertiary/aromatic N) is 2. The number of hydrogen-bond acceptors (Lipinski definition) is 3. The highest BCUT2D eigenvalue weighted by Gasteiger charge is 2.29. The van der Waals surface area contributed by atoms with Crippen molar-refractivity contribution in [3.8, 4) is 0 Å². The van der Waals surface area contributed by atoms with Crippen LogP contribution in [0.1, 0.15) is 49.1 Å². The quantitative estimate of drug-likeness (QED) is 0.483. The molecule has 1 saturated carbocycles. The molecule has 0 aliphatic heterocycles. The van der Waals surface area contributed by atoms with Crippen molar-refractivity contribution in [3.63, 3.8) is 0 Å². The summed E-state index contributed by atoms with van der Waals surface area (Å²) in [4.78, 5) is 11.6. The molecule has 1 heterocycles. The molecule has 0 saturated heterocycles.